The number of aromatic nitrogens is 6. The minimum absolute atomic E-state index is 0.272. The highest BCUT2D eigenvalue weighted by atomic mass is 32.1. The maximum absolute atomic E-state index is 11.9. The van der Waals surface area contributed by atoms with E-state index in [9.17, 15) is 4.79 Å². The van der Waals surface area contributed by atoms with Crippen molar-refractivity contribution >= 4 is 22.6 Å². The fourth-order valence-corrected chi connectivity index (χ4v) is 2.34. The lowest BCUT2D eigenvalue weighted by Crippen LogP contribution is -2.29. The first-order valence-electron chi connectivity index (χ1n) is 5.92. The maximum Gasteiger partial charge on any atom is 0.279 e. The van der Waals surface area contributed by atoms with Crippen LogP contribution in [0.4, 0.5) is 5.13 Å². The first kappa shape index (κ1) is 12.1. The number of nitrogens with zero attached hydrogens (tertiary/aromatic N) is 6. The zero-order valence-corrected chi connectivity index (χ0v) is 10.8. The van der Waals surface area contributed by atoms with Crippen LogP contribution in [0, 0.1) is 0 Å². The van der Waals surface area contributed by atoms with E-state index in [0.29, 0.717) is 11.2 Å². The van der Waals surface area contributed by atoms with Gasteiger partial charge < -0.3 is 5.32 Å². The van der Waals surface area contributed by atoms with Gasteiger partial charge in [-0.2, -0.15) is 0 Å². The Morgan fingerprint density at radius 3 is 3.00 bits per heavy atom. The number of nitrogens with one attached hydrogen (secondary N) is 2. The van der Waals surface area contributed by atoms with E-state index in [4.69, 9.17) is 0 Å². The fourth-order valence-electron chi connectivity index (χ4n) is 1.97. The largest absolute Gasteiger partial charge is 0.317 e. The lowest BCUT2D eigenvalue weighted by atomic mass is 10.1. The highest BCUT2D eigenvalue weighted by Gasteiger charge is 2.19. The summed E-state index contributed by atoms with van der Waals surface area (Å²) in [7, 11) is 0. The normalized spacial score (nSPS) is 16.4. The minimum atomic E-state index is -0.348. The third-order valence-electron chi connectivity index (χ3n) is 2.95. The molecule has 0 aromatic carbocycles. The van der Waals surface area contributed by atoms with E-state index in [-0.39, 0.29) is 11.6 Å². The molecule has 0 saturated carbocycles. The second-order valence-corrected chi connectivity index (χ2v) is 4.92. The Kier molecular flexibility index (Phi) is 3.42. The first-order valence-corrected chi connectivity index (χ1v) is 6.69. The van der Waals surface area contributed by atoms with Crippen LogP contribution in [0.15, 0.2) is 6.20 Å². The van der Waals surface area contributed by atoms with Crippen LogP contribution in [0.1, 0.15) is 29.4 Å². The number of hydrogen-bond acceptors (Lipinski definition) is 8. The predicted octanol–water partition coefficient (Wildman–Crippen LogP) is -0.299. The first-order chi connectivity index (χ1) is 9.33. The number of rotatable bonds is 3. The smallest absolute Gasteiger partial charge is 0.279 e. The van der Waals surface area contributed by atoms with Gasteiger partial charge in [-0.1, -0.05) is 14.8 Å². The van der Waals surface area contributed by atoms with Crippen molar-refractivity contribution in [1.82, 2.24) is 35.1 Å². The Hall–Kier alpha value is -1.94. The number of amides is 1. The third kappa shape index (κ3) is 2.74. The topological polar surface area (TPSA) is 111 Å². The zero-order valence-electron chi connectivity index (χ0n) is 9.98. The molecule has 2 N–H and O–H groups in total. The molecule has 19 heavy (non-hydrogen) atoms. The molecule has 1 saturated heterocycles. The van der Waals surface area contributed by atoms with E-state index in [1.807, 2.05) is 0 Å². The zero-order chi connectivity index (χ0) is 13.1. The lowest BCUT2D eigenvalue weighted by molar-refractivity contribution is 0.102. The monoisotopic (exact) mass is 280 g/mol. The molecule has 0 aliphatic carbocycles. The fraction of sp³-hybridized carbons (Fsp3) is 0.556. The molecule has 0 unspecified atom stereocenters. The van der Waals surface area contributed by atoms with Crippen LogP contribution in [0.2, 0.25) is 0 Å². The molecule has 0 atom stereocenters. The lowest BCUT2D eigenvalue weighted by Gasteiger charge is -2.21. The number of piperidine rings is 1. The number of carbonyl (C=O) groups excluding carboxylic acids is 1. The second kappa shape index (κ2) is 5.36. The van der Waals surface area contributed by atoms with Gasteiger partial charge in [-0.05, 0) is 31.1 Å². The van der Waals surface area contributed by atoms with Crippen LogP contribution >= 0.6 is 11.5 Å². The van der Waals surface area contributed by atoms with Crippen molar-refractivity contribution in [2.45, 2.75) is 18.9 Å². The maximum atomic E-state index is 11.9. The van der Waals surface area contributed by atoms with E-state index in [1.54, 1.807) is 10.9 Å². The van der Waals surface area contributed by atoms with Crippen molar-refractivity contribution < 1.29 is 4.79 Å². The molecule has 3 heterocycles. The van der Waals surface area contributed by atoms with Gasteiger partial charge in [0, 0.05) is 11.5 Å². The molecule has 0 bridgehead atoms. The van der Waals surface area contributed by atoms with Crippen molar-refractivity contribution in [3.8, 4) is 0 Å². The molecule has 1 aliphatic heterocycles. The minimum Gasteiger partial charge on any atom is -0.317 e. The molecule has 1 fully saturated rings. The van der Waals surface area contributed by atoms with Crippen molar-refractivity contribution in [1.29, 1.82) is 0 Å². The summed E-state index contributed by atoms with van der Waals surface area (Å²) in [5, 5.41) is 21.2. The Bertz CT molecular complexity index is 546. The summed E-state index contributed by atoms with van der Waals surface area (Å²) in [6, 6.07) is 0.304. The van der Waals surface area contributed by atoms with E-state index in [2.05, 4.69) is 35.7 Å². The van der Waals surface area contributed by atoms with E-state index in [0.717, 1.165) is 37.5 Å². The van der Waals surface area contributed by atoms with Crippen LogP contribution in [0.5, 0.6) is 0 Å². The van der Waals surface area contributed by atoms with Crippen molar-refractivity contribution in [2.24, 2.45) is 0 Å². The van der Waals surface area contributed by atoms with Crippen LogP contribution in [-0.2, 0) is 0 Å². The number of carbonyl (C=O) groups is 1. The van der Waals surface area contributed by atoms with Gasteiger partial charge >= 0.3 is 0 Å². The molecule has 100 valence electrons. The molecular weight excluding hydrogens is 268 g/mol. The SMILES string of the molecule is O=C(Nc1nnns1)c1cn(C2CCNCC2)nn1. The second-order valence-electron chi connectivity index (χ2n) is 4.19. The van der Waals surface area contributed by atoms with E-state index in [1.165, 1.54) is 0 Å². The molecule has 10 heteroatoms. The Balaban J connectivity index is 1.68. The van der Waals surface area contributed by atoms with E-state index >= 15 is 0 Å². The quantitative estimate of drug-likeness (QED) is 0.794. The van der Waals surface area contributed by atoms with Gasteiger partial charge in [-0.25, -0.2) is 4.68 Å². The van der Waals surface area contributed by atoms with Crippen molar-refractivity contribution in [3.63, 3.8) is 0 Å². The van der Waals surface area contributed by atoms with Gasteiger partial charge in [0.05, 0.1) is 12.2 Å². The molecule has 2 aromatic heterocycles. The Morgan fingerprint density at radius 2 is 2.26 bits per heavy atom. The predicted molar refractivity (Wildman–Crippen MR) is 66.8 cm³/mol. The van der Waals surface area contributed by atoms with Crippen molar-refractivity contribution in [3.05, 3.63) is 11.9 Å². The summed E-state index contributed by atoms with van der Waals surface area (Å²) in [5.74, 6) is -0.348. The molecule has 1 aliphatic rings. The van der Waals surface area contributed by atoms with Crippen molar-refractivity contribution in [2.75, 3.05) is 18.4 Å². The summed E-state index contributed by atoms with van der Waals surface area (Å²) in [4.78, 5) is 11.9. The molecular formula is C9H12N8OS. The molecule has 1 amide bonds. The van der Waals surface area contributed by atoms with Crippen LogP contribution in [-0.4, -0.2) is 48.8 Å². The summed E-state index contributed by atoms with van der Waals surface area (Å²) in [6.45, 7) is 1.92. The standard InChI is InChI=1S/C9H12N8OS/c18-8(11-9-13-14-16-19-9)7-5-17(15-12-7)6-1-3-10-4-2-6/h5-6,10H,1-4H2,(H,11,13,16,18). The van der Waals surface area contributed by atoms with Gasteiger partial charge in [0.15, 0.2) is 5.69 Å². The molecule has 2 aromatic rings. The number of hydrogen-bond donors (Lipinski definition) is 2. The number of anilines is 1. The molecule has 3 rings (SSSR count). The third-order valence-corrected chi connectivity index (χ3v) is 3.46. The van der Waals surface area contributed by atoms with Gasteiger partial charge in [0.25, 0.3) is 5.91 Å². The van der Waals surface area contributed by atoms with Crippen LogP contribution in [0.3, 0.4) is 0 Å². The molecule has 0 spiro atoms. The van der Waals surface area contributed by atoms with Gasteiger partial charge in [-0.3, -0.25) is 10.1 Å². The van der Waals surface area contributed by atoms with Crippen LogP contribution in [0.25, 0.3) is 0 Å². The van der Waals surface area contributed by atoms with Crippen LogP contribution < -0.4 is 10.6 Å². The van der Waals surface area contributed by atoms with Gasteiger partial charge in [-0.15, -0.1) is 5.10 Å². The summed E-state index contributed by atoms with van der Waals surface area (Å²) < 4.78 is 5.32. The Morgan fingerprint density at radius 1 is 1.42 bits per heavy atom. The summed E-state index contributed by atoms with van der Waals surface area (Å²) in [6.07, 6.45) is 3.65. The van der Waals surface area contributed by atoms with Gasteiger partial charge in [0.1, 0.15) is 0 Å². The van der Waals surface area contributed by atoms with E-state index < -0.39 is 0 Å². The Labute approximate surface area is 112 Å². The highest BCUT2D eigenvalue weighted by Crippen LogP contribution is 2.17. The summed E-state index contributed by atoms with van der Waals surface area (Å²) >= 11 is 1.01. The van der Waals surface area contributed by atoms with Gasteiger partial charge in [0.2, 0.25) is 5.13 Å². The average molecular weight is 280 g/mol. The highest BCUT2D eigenvalue weighted by molar-refractivity contribution is 7.09. The molecule has 0 radical (unpaired) electrons. The summed E-state index contributed by atoms with van der Waals surface area (Å²) in [5.41, 5.74) is 0.272. The molecule has 9 nitrogen and oxygen atoms in total. The average Bonchev–Trinajstić information content (AvgIpc) is 3.10.